The zero-order valence-corrected chi connectivity index (χ0v) is 21.4. The van der Waals surface area contributed by atoms with E-state index in [1.54, 1.807) is 78.8 Å². The number of sulfonamides is 1. The fourth-order valence-electron chi connectivity index (χ4n) is 3.07. The minimum absolute atomic E-state index is 0.0761. The molecule has 0 radical (unpaired) electrons. The van der Waals surface area contributed by atoms with Gasteiger partial charge in [-0.15, -0.1) is 0 Å². The number of ether oxygens (including phenoxy) is 2. The van der Waals surface area contributed by atoms with Gasteiger partial charge in [0, 0.05) is 13.1 Å². The van der Waals surface area contributed by atoms with Crippen LogP contribution in [0.2, 0.25) is 0 Å². The second-order valence-electron chi connectivity index (χ2n) is 10.0. The number of carbonyl (C=O) groups is 2. The lowest BCUT2D eigenvalue weighted by Crippen LogP contribution is -2.54. The summed E-state index contributed by atoms with van der Waals surface area (Å²) in [4.78, 5) is 25.5. The smallest absolute Gasteiger partial charge is 0.429 e. The van der Waals surface area contributed by atoms with Crippen LogP contribution in [0.4, 0.5) is 9.59 Å². The quantitative estimate of drug-likeness (QED) is 0.515. The Morgan fingerprint density at radius 1 is 1.03 bits per heavy atom. The molecule has 1 aliphatic rings. The van der Waals surface area contributed by atoms with Gasteiger partial charge in [0.25, 0.3) is 0 Å². The molecule has 2 amide bonds. The van der Waals surface area contributed by atoms with Gasteiger partial charge in [-0.3, -0.25) is 0 Å². The van der Waals surface area contributed by atoms with Gasteiger partial charge in [0.1, 0.15) is 11.2 Å². The highest BCUT2D eigenvalue weighted by atomic mass is 32.2. The maximum atomic E-state index is 13.0. The first-order chi connectivity index (χ1) is 15.0. The molecular weight excluding hydrogens is 446 g/mol. The molecule has 33 heavy (non-hydrogen) atoms. The number of nitrogens with one attached hydrogen (secondary N) is 1. The van der Waals surface area contributed by atoms with Crippen LogP contribution in [0.25, 0.3) is 0 Å². The molecule has 0 aliphatic carbocycles. The van der Waals surface area contributed by atoms with Crippen LogP contribution in [-0.4, -0.2) is 60.3 Å². The lowest BCUT2D eigenvalue weighted by Gasteiger charge is -2.33. The Morgan fingerprint density at radius 2 is 1.58 bits per heavy atom. The maximum Gasteiger partial charge on any atom is 0.429 e. The van der Waals surface area contributed by atoms with E-state index in [2.05, 4.69) is 5.43 Å². The molecule has 0 fully saturated rings. The van der Waals surface area contributed by atoms with Crippen molar-refractivity contribution in [3.63, 3.8) is 0 Å². The fourth-order valence-corrected chi connectivity index (χ4v) is 4.44. The van der Waals surface area contributed by atoms with E-state index in [1.807, 2.05) is 6.92 Å². The number of hydrazine groups is 1. The Labute approximate surface area is 196 Å². The van der Waals surface area contributed by atoms with E-state index in [4.69, 9.17) is 9.47 Å². The molecule has 1 aromatic rings. The van der Waals surface area contributed by atoms with Crippen molar-refractivity contribution in [1.82, 2.24) is 14.7 Å². The summed E-state index contributed by atoms with van der Waals surface area (Å²) in [6.07, 6.45) is 0.148. The number of carbonyl (C=O) groups excluding carboxylic acids is 2. The molecule has 10 heteroatoms. The minimum Gasteiger partial charge on any atom is -0.443 e. The summed E-state index contributed by atoms with van der Waals surface area (Å²) < 4.78 is 38.1. The largest absolute Gasteiger partial charge is 0.443 e. The molecule has 1 unspecified atom stereocenters. The molecular formula is C23H35N3O6S. The van der Waals surface area contributed by atoms with Crippen LogP contribution in [-0.2, 0) is 19.5 Å². The number of rotatable bonds is 4. The number of hydrogen-bond donors (Lipinski definition) is 1. The molecule has 9 nitrogen and oxygen atoms in total. The third kappa shape index (κ3) is 7.46. The normalized spacial score (nSPS) is 16.1. The zero-order valence-electron chi connectivity index (χ0n) is 20.6. The van der Waals surface area contributed by atoms with Gasteiger partial charge in [-0.2, -0.15) is 4.31 Å². The summed E-state index contributed by atoms with van der Waals surface area (Å²) in [5, 5.41) is 1.03. The van der Waals surface area contributed by atoms with Crippen molar-refractivity contribution in [2.24, 2.45) is 0 Å². The fraction of sp³-hybridized carbons (Fsp3) is 0.565. The van der Waals surface area contributed by atoms with E-state index in [0.717, 1.165) is 10.6 Å². The predicted molar refractivity (Wildman–Crippen MR) is 125 cm³/mol. The molecule has 0 spiro atoms. The maximum absolute atomic E-state index is 13.0. The molecule has 1 aliphatic heterocycles. The zero-order chi connectivity index (χ0) is 25.2. The highest BCUT2D eigenvalue weighted by molar-refractivity contribution is 7.89. The first-order valence-electron chi connectivity index (χ1n) is 10.8. The molecule has 1 heterocycles. The van der Waals surface area contributed by atoms with Crippen molar-refractivity contribution < 1.29 is 27.5 Å². The number of amides is 2. The van der Waals surface area contributed by atoms with Crippen molar-refractivity contribution in [2.75, 3.05) is 13.1 Å². The third-order valence-electron chi connectivity index (χ3n) is 4.70. The number of hydrogen-bond acceptors (Lipinski definition) is 6. The van der Waals surface area contributed by atoms with Gasteiger partial charge < -0.3 is 9.47 Å². The number of benzene rings is 1. The first-order valence-corrected chi connectivity index (χ1v) is 12.2. The Kier molecular flexibility index (Phi) is 7.86. The molecule has 2 rings (SSSR count). The standard InChI is InChI=1S/C23H35N3O6S/c1-16-9-11-19(12-10-16)33(29,30)25-14-13-18(15-25)17(2)26(21(28)32-23(6,7)8)24-20(27)31-22(3,4)5/h9-13,17H,14-15H2,1-8H3,(H,24,27). The molecule has 0 saturated heterocycles. The SMILES string of the molecule is Cc1ccc(S(=O)(=O)N2CC=C(C(C)N(NC(=O)OC(C)(C)C)C(=O)OC(C)(C)C)C2)cc1. The Hall–Kier alpha value is -2.59. The topological polar surface area (TPSA) is 105 Å². The van der Waals surface area contributed by atoms with Crippen LogP contribution < -0.4 is 5.43 Å². The van der Waals surface area contributed by atoms with Gasteiger partial charge in [0.15, 0.2) is 0 Å². The molecule has 0 bridgehead atoms. The summed E-state index contributed by atoms with van der Waals surface area (Å²) in [6.45, 7) is 14.1. The summed E-state index contributed by atoms with van der Waals surface area (Å²) in [6, 6.07) is 5.96. The highest BCUT2D eigenvalue weighted by Crippen LogP contribution is 2.25. The molecule has 1 aromatic carbocycles. The monoisotopic (exact) mass is 481 g/mol. The van der Waals surface area contributed by atoms with Crippen LogP contribution >= 0.6 is 0 Å². The predicted octanol–water partition coefficient (Wildman–Crippen LogP) is 3.99. The third-order valence-corrected chi connectivity index (χ3v) is 6.53. The van der Waals surface area contributed by atoms with E-state index >= 15 is 0 Å². The summed E-state index contributed by atoms with van der Waals surface area (Å²) >= 11 is 0. The van der Waals surface area contributed by atoms with Crippen molar-refractivity contribution in [3.05, 3.63) is 41.5 Å². The van der Waals surface area contributed by atoms with Crippen LogP contribution in [0, 0.1) is 6.92 Å². The van der Waals surface area contributed by atoms with Crippen molar-refractivity contribution in [3.8, 4) is 0 Å². The first kappa shape index (κ1) is 26.7. The molecule has 1 N–H and O–H groups in total. The van der Waals surface area contributed by atoms with Gasteiger partial charge in [-0.25, -0.2) is 28.4 Å². The van der Waals surface area contributed by atoms with Crippen molar-refractivity contribution >= 4 is 22.2 Å². The second-order valence-corrected chi connectivity index (χ2v) is 12.0. The molecule has 1 atom stereocenters. The van der Waals surface area contributed by atoms with E-state index in [9.17, 15) is 18.0 Å². The van der Waals surface area contributed by atoms with E-state index in [0.29, 0.717) is 5.57 Å². The van der Waals surface area contributed by atoms with Crippen molar-refractivity contribution in [2.45, 2.75) is 77.5 Å². The van der Waals surface area contributed by atoms with Gasteiger partial charge in [0.2, 0.25) is 10.0 Å². The highest BCUT2D eigenvalue weighted by Gasteiger charge is 2.35. The van der Waals surface area contributed by atoms with Crippen LogP contribution in [0.3, 0.4) is 0 Å². The van der Waals surface area contributed by atoms with Crippen LogP contribution in [0.5, 0.6) is 0 Å². The number of aryl methyl sites for hydroxylation is 1. The molecule has 0 aromatic heterocycles. The van der Waals surface area contributed by atoms with E-state index < -0.39 is 39.5 Å². The Morgan fingerprint density at radius 3 is 2.09 bits per heavy atom. The van der Waals surface area contributed by atoms with E-state index in [-0.39, 0.29) is 18.0 Å². The van der Waals surface area contributed by atoms with Crippen molar-refractivity contribution in [1.29, 1.82) is 0 Å². The lowest BCUT2D eigenvalue weighted by molar-refractivity contribution is -0.00448. The molecule has 0 saturated carbocycles. The average molecular weight is 482 g/mol. The van der Waals surface area contributed by atoms with Crippen LogP contribution in [0.15, 0.2) is 40.8 Å². The van der Waals surface area contributed by atoms with Gasteiger partial charge in [-0.1, -0.05) is 23.8 Å². The minimum atomic E-state index is -3.71. The van der Waals surface area contributed by atoms with E-state index in [1.165, 1.54) is 4.31 Å². The van der Waals surface area contributed by atoms with Gasteiger partial charge in [0.05, 0.1) is 10.9 Å². The van der Waals surface area contributed by atoms with Gasteiger partial charge in [-0.05, 0) is 73.1 Å². The Bertz CT molecular complexity index is 1000. The average Bonchev–Trinajstić information content (AvgIpc) is 3.14. The van der Waals surface area contributed by atoms with Crippen LogP contribution in [0.1, 0.15) is 54.0 Å². The second kappa shape index (κ2) is 9.72. The number of nitrogens with zero attached hydrogens (tertiary/aromatic N) is 2. The summed E-state index contributed by atoms with van der Waals surface area (Å²) in [5.41, 5.74) is 2.50. The molecule has 184 valence electrons. The summed E-state index contributed by atoms with van der Waals surface area (Å²) in [5.74, 6) is 0. The summed E-state index contributed by atoms with van der Waals surface area (Å²) in [7, 11) is -3.71. The lowest BCUT2D eigenvalue weighted by atomic mass is 10.1. The Balaban J connectivity index is 2.21. The van der Waals surface area contributed by atoms with Gasteiger partial charge >= 0.3 is 12.2 Å².